The molecule has 0 radical (unpaired) electrons. The van der Waals surface area contributed by atoms with E-state index < -0.39 is 5.92 Å². The Bertz CT molecular complexity index is 1060. The number of aromatic nitrogens is 2. The van der Waals surface area contributed by atoms with Crippen LogP contribution in [0.5, 0.6) is 0 Å². The fourth-order valence-corrected chi connectivity index (χ4v) is 4.51. The number of fused-ring (bicyclic) bond motifs is 1. The molecule has 4 rings (SSSR count). The molecule has 0 spiro atoms. The number of hydrogen-bond acceptors (Lipinski definition) is 6. The van der Waals surface area contributed by atoms with Crippen LogP contribution in [0.15, 0.2) is 45.5 Å². The number of carbonyl (C=O) groups is 1. The van der Waals surface area contributed by atoms with Gasteiger partial charge in [-0.2, -0.15) is 5.26 Å². The van der Waals surface area contributed by atoms with E-state index in [0.717, 1.165) is 36.3 Å². The van der Waals surface area contributed by atoms with Crippen LogP contribution in [0.4, 0.5) is 5.82 Å². The minimum absolute atomic E-state index is 0.0672. The first kappa shape index (κ1) is 18.5. The normalized spacial score (nSPS) is 18.1. The van der Waals surface area contributed by atoms with E-state index in [1.807, 2.05) is 12.1 Å². The number of nitriles is 1. The van der Waals surface area contributed by atoms with E-state index >= 15 is 0 Å². The SMILES string of the molecule is CCCSc1nc2c(c(=O)[nH]1)[C@H](c1ccc(C#N)cc1)C1=C(CCCC1=O)N2. The van der Waals surface area contributed by atoms with Crippen molar-refractivity contribution in [3.05, 3.63) is 62.6 Å². The van der Waals surface area contributed by atoms with Crippen LogP contribution in [-0.2, 0) is 4.79 Å². The van der Waals surface area contributed by atoms with E-state index in [1.165, 1.54) is 11.8 Å². The maximum Gasteiger partial charge on any atom is 0.257 e. The Morgan fingerprint density at radius 2 is 2.04 bits per heavy atom. The molecule has 1 atom stereocenters. The molecule has 0 unspecified atom stereocenters. The first-order chi connectivity index (χ1) is 13.6. The number of anilines is 1. The molecule has 0 amide bonds. The van der Waals surface area contributed by atoms with Crippen molar-refractivity contribution in [1.29, 1.82) is 5.26 Å². The fourth-order valence-electron chi connectivity index (χ4n) is 3.79. The summed E-state index contributed by atoms with van der Waals surface area (Å²) in [6.45, 7) is 2.08. The first-order valence-corrected chi connectivity index (χ1v) is 10.4. The molecule has 7 heteroatoms. The number of ketones is 1. The summed E-state index contributed by atoms with van der Waals surface area (Å²) >= 11 is 1.51. The standard InChI is InChI=1S/C21H20N4O2S/c1-2-10-28-21-24-19-18(20(27)25-21)16(13-8-6-12(11-22)7-9-13)17-14(23-19)4-3-5-15(17)26/h6-9,16H,2-5,10H2,1H3,(H2,23,24,25,27)/t16-/m1/s1. The number of Topliss-reactive ketones (excluding diaryl/α,β-unsaturated/α-hetero) is 1. The second-order valence-corrected chi connectivity index (χ2v) is 8.03. The Kier molecular flexibility index (Phi) is 5.05. The summed E-state index contributed by atoms with van der Waals surface area (Å²) in [5.41, 5.74) is 3.13. The highest BCUT2D eigenvalue weighted by atomic mass is 32.2. The molecule has 2 aromatic rings. The third-order valence-electron chi connectivity index (χ3n) is 5.05. The van der Waals surface area contributed by atoms with Crippen LogP contribution in [0.2, 0.25) is 0 Å². The monoisotopic (exact) mass is 392 g/mol. The Morgan fingerprint density at radius 1 is 1.25 bits per heavy atom. The average Bonchev–Trinajstić information content (AvgIpc) is 2.71. The topological polar surface area (TPSA) is 98.6 Å². The highest BCUT2D eigenvalue weighted by Crippen LogP contribution is 2.43. The third kappa shape index (κ3) is 3.25. The van der Waals surface area contributed by atoms with Gasteiger partial charge in [0.05, 0.1) is 17.2 Å². The summed E-state index contributed by atoms with van der Waals surface area (Å²) < 4.78 is 0. The van der Waals surface area contributed by atoms with Crippen LogP contribution in [0.1, 0.15) is 55.2 Å². The van der Waals surface area contributed by atoms with E-state index in [-0.39, 0.29) is 11.3 Å². The summed E-state index contributed by atoms with van der Waals surface area (Å²) in [6.07, 6.45) is 3.02. The lowest BCUT2D eigenvalue weighted by Crippen LogP contribution is -2.32. The zero-order chi connectivity index (χ0) is 19.7. The molecule has 28 heavy (non-hydrogen) atoms. The number of allylic oxidation sites excluding steroid dienone is 2. The maximum absolute atomic E-state index is 13.0. The van der Waals surface area contributed by atoms with Gasteiger partial charge in [-0.05, 0) is 37.0 Å². The van der Waals surface area contributed by atoms with E-state index in [9.17, 15) is 9.59 Å². The number of hydrogen-bond donors (Lipinski definition) is 2. The first-order valence-electron chi connectivity index (χ1n) is 9.42. The zero-order valence-electron chi connectivity index (χ0n) is 15.5. The molecule has 2 N–H and O–H groups in total. The summed E-state index contributed by atoms with van der Waals surface area (Å²) in [6, 6.07) is 9.19. The van der Waals surface area contributed by atoms with Crippen molar-refractivity contribution in [3.63, 3.8) is 0 Å². The Hall–Kier alpha value is -2.85. The quantitative estimate of drug-likeness (QED) is 0.608. The molecule has 1 aromatic heterocycles. The summed E-state index contributed by atoms with van der Waals surface area (Å²) in [5.74, 6) is 1.00. The molecular weight excluding hydrogens is 372 g/mol. The molecule has 1 aliphatic heterocycles. The van der Waals surface area contributed by atoms with Crippen LogP contribution in [0.3, 0.4) is 0 Å². The van der Waals surface area contributed by atoms with Gasteiger partial charge in [0.15, 0.2) is 10.9 Å². The highest BCUT2D eigenvalue weighted by Gasteiger charge is 2.37. The van der Waals surface area contributed by atoms with Gasteiger partial charge >= 0.3 is 0 Å². The minimum Gasteiger partial charge on any atom is -0.343 e. The van der Waals surface area contributed by atoms with E-state index in [2.05, 4.69) is 28.3 Å². The van der Waals surface area contributed by atoms with Crippen LogP contribution in [-0.4, -0.2) is 21.5 Å². The van der Waals surface area contributed by atoms with E-state index in [4.69, 9.17) is 5.26 Å². The van der Waals surface area contributed by atoms with Crippen molar-refractivity contribution >= 4 is 23.4 Å². The summed E-state index contributed by atoms with van der Waals surface area (Å²) in [7, 11) is 0. The van der Waals surface area contributed by atoms with Gasteiger partial charge in [-0.1, -0.05) is 30.8 Å². The number of aromatic amines is 1. The van der Waals surface area contributed by atoms with Crippen LogP contribution >= 0.6 is 11.8 Å². The lowest BCUT2D eigenvalue weighted by molar-refractivity contribution is -0.116. The number of thioether (sulfide) groups is 1. The molecule has 0 fully saturated rings. The van der Waals surface area contributed by atoms with Crippen LogP contribution in [0.25, 0.3) is 0 Å². The maximum atomic E-state index is 13.0. The Labute approximate surface area is 167 Å². The number of benzene rings is 1. The molecule has 142 valence electrons. The predicted molar refractivity (Wildman–Crippen MR) is 108 cm³/mol. The smallest absolute Gasteiger partial charge is 0.257 e. The predicted octanol–water partition coefficient (Wildman–Crippen LogP) is 3.71. The number of rotatable bonds is 4. The highest BCUT2D eigenvalue weighted by molar-refractivity contribution is 7.99. The summed E-state index contributed by atoms with van der Waals surface area (Å²) in [4.78, 5) is 33.3. The van der Waals surface area contributed by atoms with E-state index in [0.29, 0.717) is 34.1 Å². The van der Waals surface area contributed by atoms with Gasteiger partial charge < -0.3 is 10.3 Å². The molecule has 2 aliphatic rings. The molecule has 0 bridgehead atoms. The lowest BCUT2D eigenvalue weighted by Gasteiger charge is -2.32. The third-order valence-corrected chi connectivity index (χ3v) is 6.13. The number of H-pyrrole nitrogens is 1. The van der Waals surface area contributed by atoms with Gasteiger partial charge in [-0.25, -0.2) is 4.98 Å². The van der Waals surface area contributed by atoms with Gasteiger partial charge in [-0.3, -0.25) is 9.59 Å². The second kappa shape index (κ2) is 7.64. The average molecular weight is 392 g/mol. The largest absolute Gasteiger partial charge is 0.343 e. The Morgan fingerprint density at radius 3 is 2.75 bits per heavy atom. The molecule has 2 heterocycles. The molecular formula is C21H20N4O2S. The number of carbonyl (C=O) groups excluding carboxylic acids is 1. The van der Waals surface area contributed by atoms with Crippen molar-refractivity contribution in [2.75, 3.05) is 11.1 Å². The van der Waals surface area contributed by atoms with Crippen molar-refractivity contribution in [2.24, 2.45) is 0 Å². The fraction of sp³-hybridized carbons (Fsp3) is 0.333. The van der Waals surface area contributed by atoms with Crippen LogP contribution < -0.4 is 10.9 Å². The van der Waals surface area contributed by atoms with Crippen molar-refractivity contribution in [3.8, 4) is 6.07 Å². The van der Waals surface area contributed by atoms with Crippen LogP contribution in [0, 0.1) is 11.3 Å². The zero-order valence-corrected chi connectivity index (χ0v) is 16.4. The minimum atomic E-state index is -0.465. The molecule has 0 saturated heterocycles. The lowest BCUT2D eigenvalue weighted by atomic mass is 9.76. The van der Waals surface area contributed by atoms with Gasteiger partial charge in [0, 0.05) is 29.4 Å². The van der Waals surface area contributed by atoms with Gasteiger partial charge in [0.2, 0.25) is 0 Å². The van der Waals surface area contributed by atoms with Crippen molar-refractivity contribution in [2.45, 2.75) is 43.7 Å². The van der Waals surface area contributed by atoms with Gasteiger partial charge in [0.25, 0.3) is 5.56 Å². The molecule has 1 aromatic carbocycles. The number of nitrogens with zero attached hydrogens (tertiary/aromatic N) is 2. The van der Waals surface area contributed by atoms with Crippen molar-refractivity contribution in [1.82, 2.24) is 9.97 Å². The Balaban J connectivity index is 1.88. The van der Waals surface area contributed by atoms with Gasteiger partial charge in [-0.15, -0.1) is 0 Å². The molecule has 1 aliphatic carbocycles. The van der Waals surface area contributed by atoms with Gasteiger partial charge in [0.1, 0.15) is 5.82 Å². The van der Waals surface area contributed by atoms with Crippen molar-refractivity contribution < 1.29 is 4.79 Å². The second-order valence-electron chi connectivity index (χ2n) is 6.94. The molecule has 0 saturated carbocycles. The number of nitrogens with one attached hydrogen (secondary N) is 2. The molecule has 6 nitrogen and oxygen atoms in total. The summed E-state index contributed by atoms with van der Waals surface area (Å²) in [5, 5.41) is 12.9. The van der Waals surface area contributed by atoms with E-state index in [1.54, 1.807) is 12.1 Å².